The quantitative estimate of drug-likeness (QED) is 0.602. The van der Waals surface area contributed by atoms with Crippen molar-refractivity contribution in [2.45, 2.75) is 38.0 Å². The molecule has 3 rings (SSSR count). The van der Waals surface area contributed by atoms with E-state index in [9.17, 15) is 26.4 Å². The van der Waals surface area contributed by atoms with E-state index >= 15 is 0 Å². The lowest BCUT2D eigenvalue weighted by Crippen LogP contribution is -2.54. The zero-order valence-electron chi connectivity index (χ0n) is 18.5. The van der Waals surface area contributed by atoms with Crippen molar-refractivity contribution in [3.05, 3.63) is 45.2 Å². The van der Waals surface area contributed by atoms with Crippen LogP contribution in [0.5, 0.6) is 5.75 Å². The van der Waals surface area contributed by atoms with Gasteiger partial charge in [0.2, 0.25) is 15.9 Å². The van der Waals surface area contributed by atoms with E-state index in [1.54, 1.807) is 18.2 Å². The van der Waals surface area contributed by atoms with Crippen molar-refractivity contribution in [2.24, 2.45) is 0 Å². The molecule has 0 spiro atoms. The van der Waals surface area contributed by atoms with E-state index in [1.807, 2.05) is 0 Å². The summed E-state index contributed by atoms with van der Waals surface area (Å²) in [5.74, 6) is -0.0866. The summed E-state index contributed by atoms with van der Waals surface area (Å²) in [6, 6.07) is 4.93. The van der Waals surface area contributed by atoms with Crippen molar-refractivity contribution < 1.29 is 31.1 Å². The minimum atomic E-state index is -4.74. The molecule has 188 valence electrons. The van der Waals surface area contributed by atoms with Gasteiger partial charge in [-0.2, -0.15) is 18.3 Å². The standard InChI is InChI=1S/C20H23Cl2F3N4O4S/c1-12-17(22)18(20(23,24)25)26-29(12)11-16(30)28-8-6-19(7-9-28,27-34(3,31)32)13-4-5-14(21)15(10-13)33-2/h4-5,10,27H,6-9,11H2,1-3H3. The molecule has 8 nitrogen and oxygen atoms in total. The third-order valence-corrected chi connectivity index (χ3v) is 7.27. The van der Waals surface area contributed by atoms with Crippen molar-refractivity contribution in [3.63, 3.8) is 0 Å². The Hall–Kier alpha value is -2.02. The lowest BCUT2D eigenvalue weighted by molar-refractivity contribution is -0.142. The Morgan fingerprint density at radius 2 is 1.88 bits per heavy atom. The zero-order valence-corrected chi connectivity index (χ0v) is 20.9. The summed E-state index contributed by atoms with van der Waals surface area (Å²) >= 11 is 11.9. The highest BCUT2D eigenvalue weighted by molar-refractivity contribution is 7.88. The average Bonchev–Trinajstić information content (AvgIpc) is 3.02. The predicted molar refractivity (Wildman–Crippen MR) is 120 cm³/mol. The van der Waals surface area contributed by atoms with Crippen LogP contribution in [0.3, 0.4) is 0 Å². The molecule has 1 N–H and O–H groups in total. The summed E-state index contributed by atoms with van der Waals surface area (Å²) in [6.07, 6.45) is -3.24. The molecule has 1 aromatic carbocycles. The van der Waals surface area contributed by atoms with Gasteiger partial charge < -0.3 is 9.64 Å². The monoisotopic (exact) mass is 542 g/mol. The molecule has 0 saturated carbocycles. The van der Waals surface area contributed by atoms with Gasteiger partial charge in [0.25, 0.3) is 0 Å². The number of aromatic nitrogens is 2. The first-order valence-electron chi connectivity index (χ1n) is 10.1. The molecule has 0 aliphatic carbocycles. The van der Waals surface area contributed by atoms with Gasteiger partial charge in [0, 0.05) is 13.1 Å². The number of rotatable bonds is 6. The van der Waals surface area contributed by atoms with Gasteiger partial charge in [-0.1, -0.05) is 29.3 Å². The largest absolute Gasteiger partial charge is 0.495 e. The van der Waals surface area contributed by atoms with Gasteiger partial charge in [-0.05, 0) is 37.5 Å². The van der Waals surface area contributed by atoms with Gasteiger partial charge in [0.1, 0.15) is 12.3 Å². The van der Waals surface area contributed by atoms with Crippen LogP contribution >= 0.6 is 23.2 Å². The van der Waals surface area contributed by atoms with Crippen LogP contribution < -0.4 is 9.46 Å². The topological polar surface area (TPSA) is 93.5 Å². The highest BCUT2D eigenvalue weighted by atomic mass is 35.5. The van der Waals surface area contributed by atoms with Crippen LogP contribution in [0, 0.1) is 6.92 Å². The van der Waals surface area contributed by atoms with Gasteiger partial charge in [0.05, 0.1) is 34.6 Å². The highest BCUT2D eigenvalue weighted by Gasteiger charge is 2.41. The lowest BCUT2D eigenvalue weighted by atomic mass is 9.81. The number of ether oxygens (including phenoxy) is 1. The first kappa shape index (κ1) is 26.6. The number of alkyl halides is 3. The summed E-state index contributed by atoms with van der Waals surface area (Å²) in [5, 5.41) is 3.27. The number of hydrogen-bond donors (Lipinski definition) is 1. The second kappa shape index (κ2) is 9.56. The maximum Gasteiger partial charge on any atom is 0.436 e. The number of carbonyl (C=O) groups is 1. The van der Waals surface area contributed by atoms with Crippen LogP contribution in [0.15, 0.2) is 18.2 Å². The summed E-state index contributed by atoms with van der Waals surface area (Å²) < 4.78 is 72.3. The van der Waals surface area contributed by atoms with Crippen LogP contribution in [0.1, 0.15) is 29.8 Å². The fraction of sp³-hybridized carbons (Fsp3) is 0.500. The molecule has 2 heterocycles. The van der Waals surface area contributed by atoms with Crippen LogP contribution in [0.4, 0.5) is 13.2 Å². The Kier molecular flexibility index (Phi) is 7.47. The van der Waals surface area contributed by atoms with Crippen molar-refractivity contribution in [1.82, 2.24) is 19.4 Å². The number of piperidine rings is 1. The van der Waals surface area contributed by atoms with Crippen LogP contribution in [0.25, 0.3) is 0 Å². The number of halogens is 5. The smallest absolute Gasteiger partial charge is 0.436 e. The van der Waals surface area contributed by atoms with E-state index in [1.165, 1.54) is 18.9 Å². The van der Waals surface area contributed by atoms with E-state index in [-0.39, 0.29) is 31.6 Å². The summed E-state index contributed by atoms with van der Waals surface area (Å²) in [4.78, 5) is 14.3. The number of likely N-dealkylation sites (tertiary alicyclic amines) is 1. The van der Waals surface area contributed by atoms with Crippen molar-refractivity contribution >= 4 is 39.1 Å². The molecule has 1 amide bonds. The average molecular weight is 543 g/mol. The van der Waals surface area contributed by atoms with Gasteiger partial charge in [-0.25, -0.2) is 13.1 Å². The van der Waals surface area contributed by atoms with Gasteiger partial charge in [-0.3, -0.25) is 9.48 Å². The number of methoxy groups -OCH3 is 1. The zero-order chi connectivity index (χ0) is 25.5. The Balaban J connectivity index is 1.81. The molecule has 14 heteroatoms. The van der Waals surface area contributed by atoms with Crippen LogP contribution in [0.2, 0.25) is 10.0 Å². The molecular formula is C20H23Cl2F3N4O4S. The Morgan fingerprint density at radius 3 is 2.38 bits per heavy atom. The fourth-order valence-corrected chi connectivity index (χ4v) is 5.46. The number of amides is 1. The predicted octanol–water partition coefficient (Wildman–Crippen LogP) is 3.59. The Labute approximate surface area is 205 Å². The first-order chi connectivity index (χ1) is 15.7. The van der Waals surface area contributed by atoms with Crippen molar-refractivity contribution in [3.8, 4) is 5.75 Å². The third kappa shape index (κ3) is 5.61. The Bertz CT molecular complexity index is 1190. The molecule has 1 aromatic heterocycles. The number of benzene rings is 1. The highest BCUT2D eigenvalue weighted by Crippen LogP contribution is 2.38. The fourth-order valence-electron chi connectivity index (χ4n) is 3.99. The van der Waals surface area contributed by atoms with Crippen molar-refractivity contribution in [1.29, 1.82) is 0 Å². The van der Waals surface area contributed by atoms with E-state index in [0.717, 1.165) is 10.9 Å². The molecule has 0 radical (unpaired) electrons. The molecule has 1 aliphatic heterocycles. The number of nitrogens with zero attached hydrogens (tertiary/aromatic N) is 3. The second-order valence-corrected chi connectivity index (χ2v) is 10.6. The first-order valence-corrected chi connectivity index (χ1v) is 12.7. The maximum atomic E-state index is 13.1. The summed E-state index contributed by atoms with van der Waals surface area (Å²) in [6.45, 7) is 1.24. The normalized spacial score (nSPS) is 16.5. The number of sulfonamides is 1. The number of hydrogen-bond acceptors (Lipinski definition) is 5. The lowest BCUT2D eigenvalue weighted by Gasteiger charge is -2.42. The van der Waals surface area contributed by atoms with E-state index in [0.29, 0.717) is 16.3 Å². The molecule has 1 fully saturated rings. The minimum absolute atomic E-state index is 0.0284. The third-order valence-electron chi connectivity index (χ3n) is 5.74. The van der Waals surface area contributed by atoms with E-state index < -0.39 is 44.9 Å². The van der Waals surface area contributed by atoms with Gasteiger partial charge >= 0.3 is 6.18 Å². The SMILES string of the molecule is COc1cc(C2(NS(C)(=O)=O)CCN(C(=O)Cn3nc(C(F)(F)F)c(Cl)c3C)CC2)ccc1Cl. The molecule has 0 atom stereocenters. The maximum absolute atomic E-state index is 13.1. The van der Waals surface area contributed by atoms with Gasteiger partial charge in [0.15, 0.2) is 5.69 Å². The molecule has 0 bridgehead atoms. The minimum Gasteiger partial charge on any atom is -0.495 e. The Morgan fingerprint density at radius 1 is 1.26 bits per heavy atom. The molecule has 34 heavy (non-hydrogen) atoms. The number of carbonyl (C=O) groups excluding carboxylic acids is 1. The number of nitrogens with one attached hydrogen (secondary N) is 1. The summed E-state index contributed by atoms with van der Waals surface area (Å²) in [5.41, 5.74) is -1.61. The van der Waals surface area contributed by atoms with Gasteiger partial charge in [-0.15, -0.1) is 0 Å². The molecule has 1 saturated heterocycles. The molecular weight excluding hydrogens is 520 g/mol. The van der Waals surface area contributed by atoms with Crippen molar-refractivity contribution in [2.75, 3.05) is 26.5 Å². The summed E-state index contributed by atoms with van der Waals surface area (Å²) in [7, 11) is -2.19. The van der Waals surface area contributed by atoms with E-state index in [2.05, 4.69) is 9.82 Å². The van der Waals surface area contributed by atoms with Crippen LogP contribution in [-0.2, 0) is 33.1 Å². The molecule has 2 aromatic rings. The molecule has 0 unspecified atom stereocenters. The van der Waals surface area contributed by atoms with Crippen LogP contribution in [-0.4, -0.2) is 55.5 Å². The van der Waals surface area contributed by atoms with E-state index in [4.69, 9.17) is 27.9 Å². The molecule has 1 aliphatic rings. The second-order valence-electron chi connectivity index (χ2n) is 8.09.